The predicted octanol–water partition coefficient (Wildman–Crippen LogP) is 4.40. The summed E-state index contributed by atoms with van der Waals surface area (Å²) < 4.78 is 10.8. The fourth-order valence-corrected chi connectivity index (χ4v) is 3.98. The zero-order valence-electron chi connectivity index (χ0n) is 18.4. The number of likely N-dealkylation sites (tertiary alicyclic amines) is 1. The van der Waals surface area contributed by atoms with Gasteiger partial charge >= 0.3 is 0 Å². The molecule has 6 heteroatoms. The molecular formula is C25H29N3O3. The van der Waals surface area contributed by atoms with Gasteiger partial charge in [0.1, 0.15) is 5.75 Å². The molecule has 0 unspecified atom stereocenters. The standard InChI is InChI=1S/C25H29N3O3/c1-18-4-8-20(9-5-18)24-16-23(26-31-24)25(29)28(21-12-14-27(2)15-13-21)17-19-6-10-22(30-3)11-7-19/h4-11,16,21H,12-15,17H2,1-3H3. The average Bonchev–Trinajstić information content (AvgIpc) is 3.29. The van der Waals surface area contributed by atoms with E-state index >= 15 is 0 Å². The molecule has 0 atom stereocenters. The second kappa shape index (κ2) is 9.35. The topological polar surface area (TPSA) is 58.8 Å². The van der Waals surface area contributed by atoms with Gasteiger partial charge in [0.05, 0.1) is 7.11 Å². The van der Waals surface area contributed by atoms with Crippen LogP contribution in [0.1, 0.15) is 34.5 Å². The third kappa shape index (κ3) is 4.97. The van der Waals surface area contributed by atoms with Crippen LogP contribution in [0.4, 0.5) is 0 Å². The van der Waals surface area contributed by atoms with Crippen molar-refractivity contribution in [3.05, 3.63) is 71.4 Å². The highest BCUT2D eigenvalue weighted by Crippen LogP contribution is 2.25. The maximum absolute atomic E-state index is 13.5. The Hall–Kier alpha value is -3.12. The second-order valence-electron chi connectivity index (χ2n) is 8.26. The number of aromatic nitrogens is 1. The highest BCUT2D eigenvalue weighted by atomic mass is 16.5. The molecule has 1 saturated heterocycles. The molecular weight excluding hydrogens is 390 g/mol. The van der Waals surface area contributed by atoms with E-state index in [2.05, 4.69) is 17.1 Å². The zero-order valence-corrected chi connectivity index (χ0v) is 18.4. The number of ether oxygens (including phenoxy) is 1. The number of rotatable bonds is 6. The molecule has 0 radical (unpaired) electrons. The van der Waals surface area contributed by atoms with E-state index in [1.54, 1.807) is 13.2 Å². The predicted molar refractivity (Wildman–Crippen MR) is 120 cm³/mol. The number of aryl methyl sites for hydroxylation is 1. The van der Waals surface area contributed by atoms with Gasteiger partial charge in [0.25, 0.3) is 5.91 Å². The Balaban J connectivity index is 1.57. The monoisotopic (exact) mass is 419 g/mol. The number of nitrogens with zero attached hydrogens (tertiary/aromatic N) is 3. The smallest absolute Gasteiger partial charge is 0.276 e. The van der Waals surface area contributed by atoms with Crippen LogP contribution in [0.2, 0.25) is 0 Å². The lowest BCUT2D eigenvalue weighted by atomic mass is 10.0. The van der Waals surface area contributed by atoms with Crippen molar-refractivity contribution in [3.63, 3.8) is 0 Å². The van der Waals surface area contributed by atoms with E-state index in [1.807, 2.05) is 60.4 Å². The molecule has 1 aromatic heterocycles. The van der Waals surface area contributed by atoms with E-state index in [0.717, 1.165) is 42.8 Å². The molecule has 3 aromatic rings. The maximum Gasteiger partial charge on any atom is 0.276 e. The van der Waals surface area contributed by atoms with Crippen LogP contribution in [0, 0.1) is 6.92 Å². The minimum atomic E-state index is -0.0903. The van der Waals surface area contributed by atoms with E-state index < -0.39 is 0 Å². The molecule has 6 nitrogen and oxygen atoms in total. The summed E-state index contributed by atoms with van der Waals surface area (Å²) >= 11 is 0. The largest absolute Gasteiger partial charge is 0.497 e. The third-order valence-electron chi connectivity index (χ3n) is 5.97. The Morgan fingerprint density at radius 1 is 1.13 bits per heavy atom. The molecule has 0 bridgehead atoms. The minimum Gasteiger partial charge on any atom is -0.497 e. The number of piperidine rings is 1. The van der Waals surface area contributed by atoms with Crippen molar-refractivity contribution >= 4 is 5.91 Å². The van der Waals surface area contributed by atoms with Gasteiger partial charge in [-0.15, -0.1) is 0 Å². The van der Waals surface area contributed by atoms with Gasteiger partial charge in [-0.2, -0.15) is 0 Å². The van der Waals surface area contributed by atoms with Gasteiger partial charge < -0.3 is 19.1 Å². The molecule has 162 valence electrons. The Morgan fingerprint density at radius 3 is 2.45 bits per heavy atom. The molecule has 0 N–H and O–H groups in total. The van der Waals surface area contributed by atoms with Crippen LogP contribution in [0.25, 0.3) is 11.3 Å². The quantitative estimate of drug-likeness (QED) is 0.593. The SMILES string of the molecule is COc1ccc(CN(C(=O)c2cc(-c3ccc(C)cc3)on2)C2CCN(C)CC2)cc1. The average molecular weight is 420 g/mol. The Kier molecular flexibility index (Phi) is 6.37. The molecule has 4 rings (SSSR count). The maximum atomic E-state index is 13.5. The number of methoxy groups -OCH3 is 1. The third-order valence-corrected chi connectivity index (χ3v) is 5.97. The molecule has 1 aliphatic heterocycles. The molecule has 0 aliphatic carbocycles. The first-order valence-electron chi connectivity index (χ1n) is 10.7. The summed E-state index contributed by atoms with van der Waals surface area (Å²) in [4.78, 5) is 17.8. The number of benzene rings is 2. The van der Waals surface area contributed by atoms with Gasteiger partial charge in [0.2, 0.25) is 0 Å². The van der Waals surface area contributed by atoms with Gasteiger partial charge in [-0.25, -0.2) is 0 Å². The molecule has 1 aliphatic rings. The summed E-state index contributed by atoms with van der Waals surface area (Å²) in [5, 5.41) is 4.12. The van der Waals surface area contributed by atoms with Crippen LogP contribution in [0.5, 0.6) is 5.75 Å². The van der Waals surface area contributed by atoms with Crippen LogP contribution >= 0.6 is 0 Å². The van der Waals surface area contributed by atoms with Crippen molar-refractivity contribution in [2.24, 2.45) is 0 Å². The summed E-state index contributed by atoms with van der Waals surface area (Å²) in [6.45, 7) is 4.52. The number of hydrogen-bond acceptors (Lipinski definition) is 5. The second-order valence-corrected chi connectivity index (χ2v) is 8.26. The summed E-state index contributed by atoms with van der Waals surface area (Å²) in [5.74, 6) is 1.32. The van der Waals surface area contributed by atoms with Crippen molar-refractivity contribution in [1.82, 2.24) is 15.0 Å². The van der Waals surface area contributed by atoms with Crippen molar-refractivity contribution in [3.8, 4) is 17.1 Å². The van der Waals surface area contributed by atoms with Gasteiger partial charge in [-0.05, 0) is 57.6 Å². The van der Waals surface area contributed by atoms with Crippen LogP contribution in [-0.4, -0.2) is 54.2 Å². The van der Waals surface area contributed by atoms with Gasteiger partial charge in [0, 0.05) is 24.2 Å². The lowest BCUT2D eigenvalue weighted by Crippen LogP contribution is -2.46. The normalized spacial score (nSPS) is 15.1. The van der Waals surface area contributed by atoms with Crippen molar-refractivity contribution in [1.29, 1.82) is 0 Å². The Bertz CT molecular complexity index is 1000. The van der Waals surface area contributed by atoms with Crippen molar-refractivity contribution < 1.29 is 14.1 Å². The van der Waals surface area contributed by atoms with Crippen LogP contribution in [0.15, 0.2) is 59.1 Å². The zero-order chi connectivity index (χ0) is 21.8. The fraction of sp³-hybridized carbons (Fsp3) is 0.360. The summed E-state index contributed by atoms with van der Waals surface area (Å²) in [7, 11) is 3.77. The van der Waals surface area contributed by atoms with Crippen LogP contribution in [-0.2, 0) is 6.54 Å². The van der Waals surface area contributed by atoms with E-state index in [0.29, 0.717) is 18.0 Å². The molecule has 2 heterocycles. The molecule has 1 fully saturated rings. The van der Waals surface area contributed by atoms with Gasteiger partial charge in [-0.3, -0.25) is 4.79 Å². The Labute approximate surface area is 183 Å². The molecule has 2 aromatic carbocycles. The van der Waals surface area contributed by atoms with E-state index in [-0.39, 0.29) is 11.9 Å². The molecule has 0 spiro atoms. The molecule has 0 saturated carbocycles. The van der Waals surface area contributed by atoms with Crippen molar-refractivity contribution in [2.75, 3.05) is 27.2 Å². The van der Waals surface area contributed by atoms with Crippen LogP contribution < -0.4 is 4.74 Å². The first kappa shape index (κ1) is 21.1. The van der Waals surface area contributed by atoms with Gasteiger partial charge in [-0.1, -0.05) is 47.1 Å². The first-order valence-corrected chi connectivity index (χ1v) is 10.7. The first-order chi connectivity index (χ1) is 15.0. The number of hydrogen-bond donors (Lipinski definition) is 0. The highest BCUT2D eigenvalue weighted by Gasteiger charge is 2.29. The summed E-state index contributed by atoms with van der Waals surface area (Å²) in [6, 6.07) is 17.8. The summed E-state index contributed by atoms with van der Waals surface area (Å²) in [6.07, 6.45) is 1.89. The number of carbonyl (C=O) groups is 1. The van der Waals surface area contributed by atoms with E-state index in [4.69, 9.17) is 9.26 Å². The van der Waals surface area contributed by atoms with Crippen molar-refractivity contribution in [2.45, 2.75) is 32.4 Å². The number of amides is 1. The lowest BCUT2D eigenvalue weighted by molar-refractivity contribution is 0.0559. The Morgan fingerprint density at radius 2 is 1.81 bits per heavy atom. The molecule has 1 amide bonds. The number of carbonyl (C=O) groups excluding carboxylic acids is 1. The summed E-state index contributed by atoms with van der Waals surface area (Å²) in [5.41, 5.74) is 3.50. The van der Waals surface area contributed by atoms with E-state index in [9.17, 15) is 4.79 Å². The van der Waals surface area contributed by atoms with Gasteiger partial charge in [0.15, 0.2) is 11.5 Å². The highest BCUT2D eigenvalue weighted by molar-refractivity contribution is 5.93. The van der Waals surface area contributed by atoms with Crippen LogP contribution in [0.3, 0.4) is 0 Å². The fourth-order valence-electron chi connectivity index (χ4n) is 3.98. The molecule has 31 heavy (non-hydrogen) atoms. The lowest BCUT2D eigenvalue weighted by Gasteiger charge is -2.37. The minimum absolute atomic E-state index is 0.0903. The van der Waals surface area contributed by atoms with E-state index in [1.165, 1.54) is 5.56 Å².